The number of aryl methyl sites for hydroxylation is 2. The smallest absolute Gasteiger partial charge is 0.326 e. The van der Waals surface area contributed by atoms with E-state index in [1.807, 2.05) is 0 Å². The predicted octanol–water partition coefficient (Wildman–Crippen LogP) is -0.110. The summed E-state index contributed by atoms with van der Waals surface area (Å²) in [6.45, 7) is 5.58. The first-order valence-corrected chi connectivity index (χ1v) is 7.92. The molecule has 0 bridgehead atoms. The first-order chi connectivity index (χ1) is 9.99. The van der Waals surface area contributed by atoms with Gasteiger partial charge in [-0.1, -0.05) is 5.16 Å². The van der Waals surface area contributed by atoms with E-state index in [2.05, 4.69) is 9.88 Å². The highest BCUT2D eigenvalue weighted by molar-refractivity contribution is 7.89. The molecule has 0 saturated heterocycles. The van der Waals surface area contributed by atoms with E-state index >= 15 is 0 Å². The van der Waals surface area contributed by atoms with Crippen LogP contribution in [0.3, 0.4) is 0 Å². The largest absolute Gasteiger partial charge is 0.480 e. The van der Waals surface area contributed by atoms with Gasteiger partial charge in [-0.2, -0.15) is 4.72 Å². The van der Waals surface area contributed by atoms with Crippen molar-refractivity contribution >= 4 is 21.9 Å². The summed E-state index contributed by atoms with van der Waals surface area (Å²) < 4.78 is 31.6. The zero-order chi connectivity index (χ0) is 17.2. The number of aliphatic carboxylic acids is 1. The van der Waals surface area contributed by atoms with Crippen molar-refractivity contribution in [2.75, 3.05) is 7.05 Å². The van der Waals surface area contributed by atoms with Gasteiger partial charge in [0.1, 0.15) is 16.6 Å². The van der Waals surface area contributed by atoms with Gasteiger partial charge in [-0.05, 0) is 27.7 Å². The minimum Gasteiger partial charge on any atom is -0.480 e. The van der Waals surface area contributed by atoms with Crippen molar-refractivity contribution < 1.29 is 27.6 Å². The zero-order valence-electron chi connectivity index (χ0n) is 12.9. The summed E-state index contributed by atoms with van der Waals surface area (Å²) in [5.41, 5.74) is 0.178. The van der Waals surface area contributed by atoms with Crippen molar-refractivity contribution in [3.8, 4) is 0 Å². The highest BCUT2D eigenvalue weighted by Crippen LogP contribution is 2.19. The molecule has 2 atom stereocenters. The molecule has 2 unspecified atom stereocenters. The topological polar surface area (TPSA) is 130 Å². The lowest BCUT2D eigenvalue weighted by molar-refractivity contribution is -0.148. The van der Waals surface area contributed by atoms with Gasteiger partial charge in [0, 0.05) is 7.05 Å². The molecule has 10 heteroatoms. The predicted molar refractivity (Wildman–Crippen MR) is 75.6 cm³/mol. The van der Waals surface area contributed by atoms with Crippen molar-refractivity contribution in [3.63, 3.8) is 0 Å². The molecule has 1 rings (SSSR count). The molecule has 0 radical (unpaired) electrons. The molecule has 9 nitrogen and oxygen atoms in total. The molecule has 22 heavy (non-hydrogen) atoms. The summed E-state index contributed by atoms with van der Waals surface area (Å²) >= 11 is 0. The third-order valence-corrected chi connectivity index (χ3v) is 5.01. The number of hydrogen-bond donors (Lipinski definition) is 2. The van der Waals surface area contributed by atoms with E-state index in [-0.39, 0.29) is 16.3 Å². The standard InChI is InChI=1S/C12H19N3O6S/c1-6-10(9(4)21-13-6)22(19,20)14-7(2)11(16)15(5)8(3)12(17)18/h7-8,14H,1-5H3,(H,17,18). The summed E-state index contributed by atoms with van der Waals surface area (Å²) in [5, 5.41) is 12.4. The maximum Gasteiger partial charge on any atom is 0.326 e. The van der Waals surface area contributed by atoms with Crippen LogP contribution >= 0.6 is 0 Å². The number of sulfonamides is 1. The van der Waals surface area contributed by atoms with E-state index in [0.717, 1.165) is 4.90 Å². The summed E-state index contributed by atoms with van der Waals surface area (Å²) in [6.07, 6.45) is 0. The molecular formula is C12H19N3O6S. The van der Waals surface area contributed by atoms with E-state index < -0.39 is 34.0 Å². The first-order valence-electron chi connectivity index (χ1n) is 6.43. The zero-order valence-corrected chi connectivity index (χ0v) is 13.8. The number of carbonyl (C=O) groups is 2. The number of hydrogen-bond acceptors (Lipinski definition) is 6. The van der Waals surface area contributed by atoms with Gasteiger partial charge in [-0.15, -0.1) is 0 Å². The van der Waals surface area contributed by atoms with Crippen molar-refractivity contribution in [1.29, 1.82) is 0 Å². The van der Waals surface area contributed by atoms with Gasteiger partial charge in [0.15, 0.2) is 5.76 Å². The third-order valence-electron chi connectivity index (χ3n) is 3.22. The van der Waals surface area contributed by atoms with Crippen LogP contribution in [0.5, 0.6) is 0 Å². The number of carboxylic acid groups (broad SMARTS) is 1. The number of carbonyl (C=O) groups excluding carboxylic acids is 1. The van der Waals surface area contributed by atoms with Crippen LogP contribution < -0.4 is 4.72 Å². The summed E-state index contributed by atoms with van der Waals surface area (Å²) in [5.74, 6) is -1.74. The molecule has 0 aliphatic heterocycles. The summed E-state index contributed by atoms with van der Waals surface area (Å²) in [6, 6.07) is -2.20. The Morgan fingerprint density at radius 1 is 1.32 bits per heavy atom. The summed E-state index contributed by atoms with van der Waals surface area (Å²) in [4.78, 5) is 23.8. The Bertz CT molecular complexity index is 662. The maximum atomic E-state index is 12.3. The van der Waals surface area contributed by atoms with Crippen LogP contribution in [0, 0.1) is 13.8 Å². The van der Waals surface area contributed by atoms with Crippen molar-refractivity contribution in [3.05, 3.63) is 11.5 Å². The van der Waals surface area contributed by atoms with Crippen LogP contribution in [0.2, 0.25) is 0 Å². The van der Waals surface area contributed by atoms with Gasteiger partial charge in [0.25, 0.3) is 0 Å². The van der Waals surface area contributed by atoms with Crippen LogP contribution in [0.1, 0.15) is 25.3 Å². The molecular weight excluding hydrogens is 314 g/mol. The molecule has 124 valence electrons. The van der Waals surface area contributed by atoms with Crippen LogP contribution in [0.15, 0.2) is 9.42 Å². The minimum absolute atomic E-state index is 0.108. The van der Waals surface area contributed by atoms with Gasteiger partial charge in [0.05, 0.1) is 6.04 Å². The fraction of sp³-hybridized carbons (Fsp3) is 0.583. The highest BCUT2D eigenvalue weighted by Gasteiger charge is 2.31. The number of nitrogens with zero attached hydrogens (tertiary/aromatic N) is 2. The second-order valence-electron chi connectivity index (χ2n) is 4.96. The maximum absolute atomic E-state index is 12.3. The Hall–Kier alpha value is -1.94. The molecule has 0 saturated carbocycles. The number of aromatic nitrogens is 1. The van der Waals surface area contributed by atoms with Crippen molar-refractivity contribution in [2.45, 2.75) is 44.7 Å². The lowest BCUT2D eigenvalue weighted by atomic mass is 10.2. The average molecular weight is 333 g/mol. The second-order valence-corrected chi connectivity index (χ2v) is 6.61. The molecule has 0 spiro atoms. The van der Waals surface area contributed by atoms with E-state index in [1.165, 1.54) is 34.7 Å². The third kappa shape index (κ3) is 3.63. The van der Waals surface area contributed by atoms with E-state index in [4.69, 9.17) is 9.63 Å². The molecule has 0 aliphatic carbocycles. The molecule has 1 aromatic heterocycles. The number of rotatable bonds is 6. The fourth-order valence-corrected chi connectivity index (χ4v) is 3.39. The normalized spacial score (nSPS) is 14.4. The number of likely N-dealkylation sites (N-methyl/N-ethyl adjacent to an activating group) is 1. The lowest BCUT2D eigenvalue weighted by Crippen LogP contribution is -2.50. The van der Waals surface area contributed by atoms with E-state index in [1.54, 1.807) is 0 Å². The Labute approximate surface area is 128 Å². The number of nitrogens with one attached hydrogen (secondary N) is 1. The van der Waals surface area contributed by atoms with Crippen molar-refractivity contribution in [2.24, 2.45) is 0 Å². The Morgan fingerprint density at radius 3 is 2.27 bits per heavy atom. The monoisotopic (exact) mass is 333 g/mol. The molecule has 0 aliphatic rings. The SMILES string of the molecule is Cc1noc(C)c1S(=O)(=O)NC(C)C(=O)N(C)C(C)C(=O)O. The van der Waals surface area contributed by atoms with Crippen molar-refractivity contribution in [1.82, 2.24) is 14.8 Å². The van der Waals surface area contributed by atoms with Gasteiger partial charge < -0.3 is 14.5 Å². The second kappa shape index (κ2) is 6.44. The lowest BCUT2D eigenvalue weighted by Gasteiger charge is -2.25. The Kier molecular flexibility index (Phi) is 5.30. The Balaban J connectivity index is 2.95. The fourth-order valence-electron chi connectivity index (χ4n) is 1.86. The molecule has 2 N–H and O–H groups in total. The molecule has 0 fully saturated rings. The average Bonchev–Trinajstić information content (AvgIpc) is 2.75. The quantitative estimate of drug-likeness (QED) is 0.742. The van der Waals surface area contributed by atoms with Crippen LogP contribution in [0.4, 0.5) is 0 Å². The summed E-state index contributed by atoms with van der Waals surface area (Å²) in [7, 11) is -2.71. The molecule has 0 aromatic carbocycles. The van der Waals surface area contributed by atoms with Gasteiger partial charge in [-0.25, -0.2) is 13.2 Å². The number of carboxylic acids is 1. The molecule has 1 amide bonds. The highest BCUT2D eigenvalue weighted by atomic mass is 32.2. The van der Waals surface area contributed by atoms with Crippen LogP contribution in [-0.4, -0.2) is 54.6 Å². The van der Waals surface area contributed by atoms with Crippen LogP contribution in [-0.2, 0) is 19.6 Å². The van der Waals surface area contributed by atoms with Crippen LogP contribution in [0.25, 0.3) is 0 Å². The molecule has 1 heterocycles. The number of amides is 1. The van der Waals surface area contributed by atoms with E-state index in [0.29, 0.717) is 0 Å². The first kappa shape index (κ1) is 18.1. The van der Waals surface area contributed by atoms with Gasteiger partial charge in [0.2, 0.25) is 15.9 Å². The van der Waals surface area contributed by atoms with E-state index in [9.17, 15) is 18.0 Å². The Morgan fingerprint density at radius 2 is 1.86 bits per heavy atom. The van der Waals surface area contributed by atoms with Gasteiger partial charge in [-0.3, -0.25) is 4.79 Å². The van der Waals surface area contributed by atoms with Gasteiger partial charge >= 0.3 is 5.97 Å². The molecule has 1 aromatic rings. The minimum atomic E-state index is -4.00.